The quantitative estimate of drug-likeness (QED) is 0.0667. The molecular weight excluding hydrogens is 1590 g/mol. The van der Waals surface area contributed by atoms with Crippen molar-refractivity contribution in [3.05, 3.63) is 524 Å². The van der Waals surface area contributed by atoms with Gasteiger partial charge in [-0.15, -0.1) is 0 Å². The van der Waals surface area contributed by atoms with Gasteiger partial charge in [0.2, 0.25) is 0 Å². The second kappa shape index (κ2) is 43.4. The van der Waals surface area contributed by atoms with Crippen molar-refractivity contribution < 1.29 is 9.47 Å². The highest BCUT2D eigenvalue weighted by atomic mass is 35.5. The second-order valence-electron chi connectivity index (χ2n) is 32.3. The van der Waals surface area contributed by atoms with Crippen molar-refractivity contribution in [2.45, 2.75) is 57.0 Å². The molecule has 0 saturated carbocycles. The summed E-state index contributed by atoms with van der Waals surface area (Å²) in [6.45, 7) is 14.4. The number of benzene rings is 15. The zero-order valence-electron chi connectivity index (χ0n) is 73.4. The molecule has 5 aliphatic heterocycles. The predicted octanol–water partition coefficient (Wildman–Crippen LogP) is 24.4. The third kappa shape index (κ3) is 21.2. The zero-order chi connectivity index (χ0) is 87.6. The van der Waals surface area contributed by atoms with Crippen LogP contribution in [-0.2, 0) is 0 Å². The molecule has 15 aromatic carbocycles. The van der Waals surface area contributed by atoms with Crippen LogP contribution < -0.4 is 9.47 Å². The highest BCUT2D eigenvalue weighted by molar-refractivity contribution is 6.30. The Bertz CT molecular complexity index is 5950. The third-order valence-corrected chi connectivity index (χ3v) is 24.0. The normalized spacial score (nSPS) is 15.3. The Kier molecular flexibility index (Phi) is 29.5. The molecule has 0 fully saturated rings. The molecule has 15 aromatic rings. The Morgan fingerprint density at radius 1 is 0.266 bits per heavy atom. The summed E-state index contributed by atoms with van der Waals surface area (Å²) in [6, 6.07) is 149. The molecule has 638 valence electrons. The fraction of sp³-hybridized carbons (Fsp3) is 0.174. The number of amidine groups is 5. The Morgan fingerprint density at radius 2 is 0.539 bits per heavy atom. The van der Waals surface area contributed by atoms with Gasteiger partial charge in [0.1, 0.15) is 40.7 Å². The van der Waals surface area contributed by atoms with Crippen LogP contribution in [0.2, 0.25) is 5.02 Å². The molecule has 0 saturated heterocycles. The van der Waals surface area contributed by atoms with Crippen molar-refractivity contribution >= 4 is 40.8 Å². The Balaban J connectivity index is 0.000000118. The first-order chi connectivity index (χ1) is 63.1. The molecule has 5 aliphatic rings. The predicted molar refractivity (Wildman–Crippen MR) is 529 cm³/mol. The van der Waals surface area contributed by atoms with Gasteiger partial charge in [0, 0.05) is 71.1 Å². The molecular formula is C115H109ClN10O2. The summed E-state index contributed by atoms with van der Waals surface area (Å²) in [7, 11) is 3.42. The molecule has 12 nitrogen and oxygen atoms in total. The summed E-state index contributed by atoms with van der Waals surface area (Å²) in [5.41, 5.74) is 21.1. The number of rotatable bonds is 22. The van der Waals surface area contributed by atoms with Crippen molar-refractivity contribution in [3.63, 3.8) is 0 Å². The molecule has 0 amide bonds. The van der Waals surface area contributed by atoms with Crippen LogP contribution in [-0.4, -0.2) is 133 Å². The molecule has 128 heavy (non-hydrogen) atoms. The maximum Gasteiger partial charge on any atom is 0.132 e. The van der Waals surface area contributed by atoms with E-state index in [1.54, 1.807) is 14.2 Å². The lowest BCUT2D eigenvalue weighted by Gasteiger charge is -2.32. The highest BCUT2D eigenvalue weighted by Gasteiger charge is 2.36. The van der Waals surface area contributed by atoms with E-state index in [1.165, 1.54) is 72.3 Å². The monoisotopic (exact) mass is 1700 g/mol. The van der Waals surface area contributed by atoms with Gasteiger partial charge in [0.25, 0.3) is 0 Å². The van der Waals surface area contributed by atoms with Crippen LogP contribution in [0.3, 0.4) is 0 Å². The van der Waals surface area contributed by atoms with E-state index in [4.69, 9.17) is 46.0 Å². The molecule has 0 aromatic heterocycles. The average molecular weight is 1700 g/mol. The van der Waals surface area contributed by atoms with E-state index in [0.717, 1.165) is 127 Å². The van der Waals surface area contributed by atoms with Crippen LogP contribution in [0.1, 0.15) is 132 Å². The summed E-state index contributed by atoms with van der Waals surface area (Å²) in [5, 5.41) is 0.758. The Hall–Kier alpha value is -14.5. The number of aryl methyl sites for hydroxylation is 2. The van der Waals surface area contributed by atoms with Crippen LogP contribution in [0.15, 0.2) is 450 Å². The second-order valence-corrected chi connectivity index (χ2v) is 32.7. The van der Waals surface area contributed by atoms with Crippen molar-refractivity contribution in [1.82, 2.24) is 24.5 Å². The van der Waals surface area contributed by atoms with Crippen LogP contribution in [0.4, 0.5) is 0 Å². The van der Waals surface area contributed by atoms with Crippen LogP contribution in [0.5, 0.6) is 11.5 Å². The molecule has 0 aliphatic carbocycles. The highest BCUT2D eigenvalue weighted by Crippen LogP contribution is 2.41. The van der Waals surface area contributed by atoms with Gasteiger partial charge < -0.3 is 34.0 Å². The average Bonchev–Trinajstić information content (AvgIpc) is 1.62. The molecule has 0 bridgehead atoms. The molecule has 5 unspecified atom stereocenters. The van der Waals surface area contributed by atoms with Crippen molar-refractivity contribution in [2.24, 2.45) is 25.0 Å². The summed E-state index contributed by atoms with van der Waals surface area (Å²) < 4.78 is 11.0. The van der Waals surface area contributed by atoms with Gasteiger partial charge in [0.05, 0.1) is 76.6 Å². The molecule has 5 heterocycles. The number of ether oxygens (including phenoxy) is 2. The first kappa shape index (κ1) is 87.0. The van der Waals surface area contributed by atoms with Gasteiger partial charge in [-0.25, -0.2) is 0 Å². The Labute approximate surface area is 760 Å². The van der Waals surface area contributed by atoms with E-state index in [9.17, 15) is 0 Å². The van der Waals surface area contributed by atoms with Gasteiger partial charge in [-0.2, -0.15) is 0 Å². The van der Waals surface area contributed by atoms with Gasteiger partial charge in [0.15, 0.2) is 0 Å². The van der Waals surface area contributed by atoms with Gasteiger partial charge in [-0.05, 0) is 119 Å². The topological polar surface area (TPSA) is 96.5 Å². The molecule has 20 rings (SSSR count). The number of methoxy groups -OCH3 is 2. The van der Waals surface area contributed by atoms with Crippen LogP contribution in [0, 0.1) is 13.8 Å². The number of nitrogens with zero attached hydrogens (tertiary/aromatic N) is 10. The lowest BCUT2D eigenvalue weighted by atomic mass is 9.93. The molecule has 5 atom stereocenters. The summed E-state index contributed by atoms with van der Waals surface area (Å²) in [6.07, 6.45) is 0. The molecule has 0 radical (unpaired) electrons. The number of halogens is 1. The number of aliphatic imine (C=N–C) groups is 5. The van der Waals surface area contributed by atoms with Crippen LogP contribution >= 0.6 is 11.6 Å². The minimum atomic E-state index is 0.0637. The summed E-state index contributed by atoms with van der Waals surface area (Å²) in [5.74, 6) is 7.10. The number of para-hydroxylation sites is 1. The smallest absolute Gasteiger partial charge is 0.132 e. The van der Waals surface area contributed by atoms with E-state index in [2.05, 4.69) is 421 Å². The minimum Gasteiger partial charge on any atom is -0.497 e. The van der Waals surface area contributed by atoms with Gasteiger partial charge in [-0.1, -0.05) is 399 Å². The lowest BCUT2D eigenvalue weighted by Crippen LogP contribution is -2.34. The van der Waals surface area contributed by atoms with E-state index in [1.807, 2.05) is 48.5 Å². The molecule has 0 spiro atoms. The fourth-order valence-corrected chi connectivity index (χ4v) is 18.0. The van der Waals surface area contributed by atoms with Crippen LogP contribution in [0.25, 0.3) is 0 Å². The standard InChI is InChI=1S/C24H24N2O.C23H22N2O.2C23H22N2.C22H19ClN2/c1-18-17-26(24(25-18)21-13-15-22(27-2)16-14-21)23(19-9-5-3-6-10-19)20-11-7-4-8-12-20;1-26-21-15-9-8-14-20(21)22(18-10-4-2-5-11-18)25-17-16-24-23(25)19-12-6-3-7-13-19;1-18-10-8-9-15-21(18)22(19-11-4-2-5-12-19)25-17-16-24-23(25)20-13-6-3-7-14-20;1-18-12-14-20(15-13-18)22(19-8-4-2-5-9-19)25-17-16-24-23(25)21-10-6-3-7-11-21;23-20-13-11-18(12-14-20)21(17-7-3-1-4-8-17)25-16-15-24-22(25)19-9-5-2-6-10-19/h3-16,18,23H,17H2,1-2H3;2-15,22H,16-17H2,1H3;2*2-15,22H,16-17H2,1H3;1-14,21H,15-16H2. The summed E-state index contributed by atoms with van der Waals surface area (Å²) in [4.78, 5) is 36.3. The van der Waals surface area contributed by atoms with Gasteiger partial charge >= 0.3 is 0 Å². The largest absolute Gasteiger partial charge is 0.497 e. The number of hydrogen-bond donors (Lipinski definition) is 0. The first-order valence-electron chi connectivity index (χ1n) is 44.4. The van der Waals surface area contributed by atoms with E-state index < -0.39 is 0 Å². The first-order valence-corrected chi connectivity index (χ1v) is 44.8. The minimum absolute atomic E-state index is 0.0637. The molecule has 13 heteroatoms. The molecule has 0 N–H and O–H groups in total. The number of hydrogen-bond acceptors (Lipinski definition) is 12. The van der Waals surface area contributed by atoms with Gasteiger partial charge in [-0.3, -0.25) is 25.0 Å². The summed E-state index contributed by atoms with van der Waals surface area (Å²) >= 11 is 6.11. The fourth-order valence-electron chi connectivity index (χ4n) is 17.8. The van der Waals surface area contributed by atoms with E-state index in [-0.39, 0.29) is 36.3 Å². The lowest BCUT2D eigenvalue weighted by molar-refractivity contribution is 0.361. The Morgan fingerprint density at radius 3 is 0.883 bits per heavy atom. The SMILES string of the molecule is COc1ccc(C2=NC(C)CN2C(c2ccccc2)c2ccccc2)cc1.COc1ccccc1C(c1ccccc1)N1CCN=C1c1ccccc1.Cc1ccc(C(c2ccccc2)N2CCN=C2c2ccccc2)cc1.Cc1ccccc1C(c1ccccc1)N1CCN=C1c1ccccc1.Clc1ccc(C(c2ccccc2)N2CCN=C2c2ccccc2)cc1. The zero-order valence-corrected chi connectivity index (χ0v) is 74.2. The maximum atomic E-state index is 6.11. The van der Waals surface area contributed by atoms with Crippen molar-refractivity contribution in [1.29, 1.82) is 0 Å². The van der Waals surface area contributed by atoms with E-state index in [0.29, 0.717) is 0 Å². The maximum absolute atomic E-state index is 6.11. The third-order valence-electron chi connectivity index (χ3n) is 23.8. The van der Waals surface area contributed by atoms with Crippen molar-refractivity contribution in [2.75, 3.05) is 73.1 Å². The van der Waals surface area contributed by atoms with E-state index >= 15 is 0 Å². The van der Waals surface area contributed by atoms with Crippen molar-refractivity contribution in [3.8, 4) is 11.5 Å².